The van der Waals surface area contributed by atoms with Gasteiger partial charge in [-0.2, -0.15) is 0 Å². The summed E-state index contributed by atoms with van der Waals surface area (Å²) in [6.07, 6.45) is 2.19. The molecule has 0 saturated carbocycles. The van der Waals surface area contributed by atoms with E-state index in [1.807, 2.05) is 11.3 Å². The van der Waals surface area contributed by atoms with Crippen LogP contribution >= 0.6 is 11.3 Å². The molecule has 3 heteroatoms. The SMILES string of the molecule is c1ccc(-n2ccc3c4c5ccccc5n(-c5cc6ccccc6s5)c4ccc32)cc1. The van der Waals surface area contributed by atoms with E-state index in [4.69, 9.17) is 0 Å². The fourth-order valence-corrected chi connectivity index (χ4v) is 5.90. The Balaban J connectivity index is 1.60. The van der Waals surface area contributed by atoms with Gasteiger partial charge in [0.2, 0.25) is 0 Å². The van der Waals surface area contributed by atoms with Gasteiger partial charge in [0, 0.05) is 32.7 Å². The highest BCUT2D eigenvalue weighted by atomic mass is 32.1. The first-order chi connectivity index (χ1) is 15.4. The van der Waals surface area contributed by atoms with Gasteiger partial charge >= 0.3 is 0 Å². The first kappa shape index (κ1) is 16.9. The molecule has 2 nitrogen and oxygen atoms in total. The highest BCUT2D eigenvalue weighted by molar-refractivity contribution is 7.21. The topological polar surface area (TPSA) is 9.86 Å². The van der Waals surface area contributed by atoms with Gasteiger partial charge in [0.05, 0.1) is 16.6 Å². The summed E-state index contributed by atoms with van der Waals surface area (Å²) in [5.41, 5.74) is 4.93. The largest absolute Gasteiger partial charge is 0.317 e. The van der Waals surface area contributed by atoms with Crippen LogP contribution in [0.25, 0.3) is 53.5 Å². The van der Waals surface area contributed by atoms with Crippen molar-refractivity contribution in [3.05, 3.63) is 109 Å². The molecule has 3 heterocycles. The number of rotatable bonds is 2. The zero-order chi connectivity index (χ0) is 20.4. The van der Waals surface area contributed by atoms with Crippen molar-refractivity contribution in [1.82, 2.24) is 9.13 Å². The molecule has 0 aliphatic carbocycles. The van der Waals surface area contributed by atoms with E-state index in [0.717, 1.165) is 0 Å². The molecular weight excluding hydrogens is 396 g/mol. The Kier molecular flexibility index (Phi) is 3.46. The summed E-state index contributed by atoms with van der Waals surface area (Å²) in [6.45, 7) is 0. The van der Waals surface area contributed by atoms with Gasteiger partial charge in [0.1, 0.15) is 5.00 Å². The van der Waals surface area contributed by atoms with E-state index >= 15 is 0 Å². The minimum atomic E-state index is 1.19. The second kappa shape index (κ2) is 6.34. The van der Waals surface area contributed by atoms with Crippen LogP contribution in [0.5, 0.6) is 0 Å². The minimum absolute atomic E-state index is 1.19. The minimum Gasteiger partial charge on any atom is -0.317 e. The maximum atomic E-state index is 2.43. The smallest absolute Gasteiger partial charge is 0.101 e. The van der Waals surface area contributed by atoms with Crippen molar-refractivity contribution in [2.24, 2.45) is 0 Å². The maximum absolute atomic E-state index is 2.43. The van der Waals surface area contributed by atoms with Crippen LogP contribution in [0.1, 0.15) is 0 Å². The van der Waals surface area contributed by atoms with Crippen LogP contribution in [0.15, 0.2) is 109 Å². The third-order valence-corrected chi connectivity index (χ3v) is 7.27. The third-order valence-electron chi connectivity index (χ3n) is 6.17. The summed E-state index contributed by atoms with van der Waals surface area (Å²) >= 11 is 1.85. The molecular formula is C28H18N2S. The molecule has 0 fully saturated rings. The normalized spacial score (nSPS) is 11.9. The fourth-order valence-electron chi connectivity index (χ4n) is 4.81. The molecule has 0 unspecified atom stereocenters. The Bertz CT molecular complexity index is 1700. The Morgan fingerprint density at radius 2 is 1.32 bits per heavy atom. The zero-order valence-corrected chi connectivity index (χ0v) is 17.5. The summed E-state index contributed by atoms with van der Waals surface area (Å²) in [7, 11) is 0. The lowest BCUT2D eigenvalue weighted by Crippen LogP contribution is -1.92. The standard InChI is InChI=1S/C28H18N2S/c1-2-9-20(10-3-1)29-17-16-22-23(29)14-15-25-28(22)21-11-5-6-12-24(21)30(25)27-18-19-8-4-7-13-26(19)31-27/h1-18H. The predicted molar refractivity (Wildman–Crippen MR) is 133 cm³/mol. The molecule has 0 aliphatic rings. The van der Waals surface area contributed by atoms with Crippen LogP contribution in [0.2, 0.25) is 0 Å². The summed E-state index contributed by atoms with van der Waals surface area (Å²) in [4.78, 5) is 0. The van der Waals surface area contributed by atoms with Crippen molar-refractivity contribution >= 4 is 54.1 Å². The first-order valence-electron chi connectivity index (χ1n) is 10.5. The second-order valence-corrected chi connectivity index (χ2v) is 8.95. The van der Waals surface area contributed by atoms with E-state index in [-0.39, 0.29) is 0 Å². The van der Waals surface area contributed by atoms with Crippen LogP contribution in [0.3, 0.4) is 0 Å². The van der Waals surface area contributed by atoms with Gasteiger partial charge in [-0.15, -0.1) is 11.3 Å². The summed E-state index contributed by atoms with van der Waals surface area (Å²) in [5, 5.41) is 6.46. The van der Waals surface area contributed by atoms with E-state index in [9.17, 15) is 0 Å². The highest BCUT2D eigenvalue weighted by Crippen LogP contribution is 2.40. The van der Waals surface area contributed by atoms with Gasteiger partial charge in [0.25, 0.3) is 0 Å². The number of aromatic nitrogens is 2. The van der Waals surface area contributed by atoms with Crippen LogP contribution in [0, 0.1) is 0 Å². The molecule has 4 aromatic carbocycles. The average Bonchev–Trinajstić information content (AvgIpc) is 3.52. The van der Waals surface area contributed by atoms with Crippen molar-refractivity contribution in [1.29, 1.82) is 0 Å². The third kappa shape index (κ3) is 2.38. The Morgan fingerprint density at radius 3 is 2.23 bits per heavy atom. The molecule has 0 saturated heterocycles. The monoisotopic (exact) mass is 414 g/mol. The van der Waals surface area contributed by atoms with Crippen LogP contribution in [-0.4, -0.2) is 9.13 Å². The maximum Gasteiger partial charge on any atom is 0.101 e. The average molecular weight is 415 g/mol. The lowest BCUT2D eigenvalue weighted by atomic mass is 10.1. The molecule has 31 heavy (non-hydrogen) atoms. The molecule has 0 aliphatic heterocycles. The Labute approximate surface area is 183 Å². The molecule has 146 valence electrons. The summed E-state index contributed by atoms with van der Waals surface area (Å²) in [6, 6.07) is 37.1. The van der Waals surface area contributed by atoms with E-state index < -0.39 is 0 Å². The lowest BCUT2D eigenvalue weighted by molar-refractivity contribution is 1.13. The van der Waals surface area contributed by atoms with Crippen molar-refractivity contribution < 1.29 is 0 Å². The van der Waals surface area contributed by atoms with Gasteiger partial charge in [-0.05, 0) is 53.9 Å². The number of hydrogen-bond donors (Lipinski definition) is 0. The second-order valence-electron chi connectivity index (χ2n) is 7.89. The fraction of sp³-hybridized carbons (Fsp3) is 0. The molecule has 0 amide bonds. The first-order valence-corrected chi connectivity index (χ1v) is 11.3. The van der Waals surface area contributed by atoms with Crippen molar-refractivity contribution in [2.75, 3.05) is 0 Å². The summed E-state index contributed by atoms with van der Waals surface area (Å²) < 4.78 is 6.02. The van der Waals surface area contributed by atoms with E-state index in [1.165, 1.54) is 53.5 Å². The van der Waals surface area contributed by atoms with Crippen LogP contribution in [0.4, 0.5) is 0 Å². The van der Waals surface area contributed by atoms with Crippen LogP contribution in [-0.2, 0) is 0 Å². The van der Waals surface area contributed by atoms with Crippen LogP contribution < -0.4 is 0 Å². The van der Waals surface area contributed by atoms with Gasteiger partial charge in [0.15, 0.2) is 0 Å². The summed E-state index contributed by atoms with van der Waals surface area (Å²) in [5.74, 6) is 0. The van der Waals surface area contributed by atoms with E-state index in [2.05, 4.69) is 118 Å². The van der Waals surface area contributed by atoms with E-state index in [0.29, 0.717) is 0 Å². The molecule has 3 aromatic heterocycles. The number of hydrogen-bond acceptors (Lipinski definition) is 1. The number of fused-ring (bicyclic) bond motifs is 6. The zero-order valence-electron chi connectivity index (χ0n) is 16.7. The number of benzene rings is 4. The molecule has 0 N–H and O–H groups in total. The molecule has 0 radical (unpaired) electrons. The lowest BCUT2D eigenvalue weighted by Gasteiger charge is -2.07. The number of para-hydroxylation sites is 2. The Hall–Kier alpha value is -3.82. The molecule has 0 atom stereocenters. The molecule has 7 aromatic rings. The number of thiophene rings is 1. The van der Waals surface area contributed by atoms with Gasteiger partial charge in [-0.1, -0.05) is 54.6 Å². The highest BCUT2D eigenvalue weighted by Gasteiger charge is 2.17. The van der Waals surface area contributed by atoms with Crippen molar-refractivity contribution in [3.63, 3.8) is 0 Å². The van der Waals surface area contributed by atoms with Gasteiger partial charge in [-0.25, -0.2) is 0 Å². The van der Waals surface area contributed by atoms with Crippen molar-refractivity contribution in [2.45, 2.75) is 0 Å². The van der Waals surface area contributed by atoms with Gasteiger partial charge < -0.3 is 9.13 Å². The molecule has 0 bridgehead atoms. The quantitative estimate of drug-likeness (QED) is 0.272. The van der Waals surface area contributed by atoms with E-state index in [1.54, 1.807) is 0 Å². The Morgan fingerprint density at radius 1 is 0.581 bits per heavy atom. The predicted octanol–water partition coefficient (Wildman–Crippen LogP) is 7.94. The van der Waals surface area contributed by atoms with Gasteiger partial charge in [-0.3, -0.25) is 0 Å². The molecule has 7 rings (SSSR count). The molecule has 0 spiro atoms. The van der Waals surface area contributed by atoms with Crippen molar-refractivity contribution in [3.8, 4) is 10.7 Å². The number of nitrogens with zero attached hydrogens (tertiary/aromatic N) is 2.